The zero-order chi connectivity index (χ0) is 19.7. The molecule has 0 radical (unpaired) electrons. The van der Waals surface area contributed by atoms with Gasteiger partial charge in [0.1, 0.15) is 16.4 Å². The number of ether oxygens (including phenoxy) is 1. The quantitative estimate of drug-likeness (QED) is 0.466. The zero-order valence-corrected chi connectivity index (χ0v) is 17.4. The van der Waals surface area contributed by atoms with E-state index in [1.807, 2.05) is 6.07 Å². The zero-order valence-electron chi connectivity index (χ0n) is 15.8. The lowest BCUT2D eigenvalue weighted by molar-refractivity contribution is -0.118. The van der Waals surface area contributed by atoms with Gasteiger partial charge < -0.3 is 20.2 Å². The van der Waals surface area contributed by atoms with Crippen molar-refractivity contribution in [2.45, 2.75) is 50.6 Å². The number of fused-ring (bicyclic) bond motifs is 3. The summed E-state index contributed by atoms with van der Waals surface area (Å²) < 4.78 is 11.2. The molecule has 4 heterocycles. The maximum atomic E-state index is 12.0. The Kier molecular flexibility index (Phi) is 5.31. The Hall–Kier alpha value is -2.10. The fraction of sp³-hybridized carbons (Fsp3) is 0.421. The first-order valence-corrected chi connectivity index (χ1v) is 10.9. The van der Waals surface area contributed by atoms with Crippen LogP contribution >= 0.6 is 23.1 Å². The summed E-state index contributed by atoms with van der Waals surface area (Å²) in [5.74, 6) is 1.29. The number of anilines is 1. The number of hydrogen-bond acceptors (Lipinski definition) is 8. The molecule has 9 heteroatoms. The van der Waals surface area contributed by atoms with E-state index in [9.17, 15) is 4.79 Å². The van der Waals surface area contributed by atoms with Gasteiger partial charge >= 0.3 is 0 Å². The van der Waals surface area contributed by atoms with E-state index in [-0.39, 0.29) is 17.3 Å². The van der Waals surface area contributed by atoms with Crippen LogP contribution in [0.2, 0.25) is 0 Å². The fourth-order valence-corrected chi connectivity index (χ4v) is 5.00. The molecule has 148 valence electrons. The van der Waals surface area contributed by atoms with Crippen LogP contribution in [0.15, 0.2) is 28.0 Å². The number of nitrogens with one attached hydrogen (secondary N) is 1. The summed E-state index contributed by atoms with van der Waals surface area (Å²) in [6.45, 7) is 5.20. The molecule has 3 aromatic heterocycles. The minimum Gasteiger partial charge on any atom is -0.467 e. The van der Waals surface area contributed by atoms with E-state index in [4.69, 9.17) is 14.9 Å². The molecule has 1 atom stereocenters. The van der Waals surface area contributed by atoms with Gasteiger partial charge in [0.2, 0.25) is 5.91 Å². The van der Waals surface area contributed by atoms with E-state index in [0.717, 1.165) is 23.1 Å². The second-order valence-corrected chi connectivity index (χ2v) is 9.02. The number of carbonyl (C=O) groups is 1. The molecular formula is C19H22N4O3S2. The first kappa shape index (κ1) is 19.2. The van der Waals surface area contributed by atoms with Crippen LogP contribution in [0.4, 0.5) is 5.82 Å². The Morgan fingerprint density at radius 2 is 2.32 bits per heavy atom. The number of amides is 1. The number of thioether (sulfide) groups is 1. The lowest BCUT2D eigenvalue weighted by Gasteiger charge is -2.33. The molecule has 1 aliphatic rings. The molecule has 0 saturated heterocycles. The van der Waals surface area contributed by atoms with Crippen LogP contribution in [0.5, 0.6) is 0 Å². The molecule has 0 spiro atoms. The minimum absolute atomic E-state index is 0.110. The topological polar surface area (TPSA) is 103 Å². The molecule has 28 heavy (non-hydrogen) atoms. The smallest absolute Gasteiger partial charge is 0.230 e. The molecular weight excluding hydrogens is 396 g/mol. The van der Waals surface area contributed by atoms with Crippen molar-refractivity contribution >= 4 is 45.0 Å². The first-order chi connectivity index (χ1) is 13.5. The summed E-state index contributed by atoms with van der Waals surface area (Å²) in [6.07, 6.45) is 3.33. The Labute approximate surface area is 171 Å². The molecule has 0 fully saturated rings. The van der Waals surface area contributed by atoms with Crippen LogP contribution < -0.4 is 11.1 Å². The second kappa shape index (κ2) is 7.73. The van der Waals surface area contributed by atoms with E-state index in [1.54, 1.807) is 23.7 Å². The number of aromatic nitrogens is 2. The van der Waals surface area contributed by atoms with Crippen molar-refractivity contribution < 1.29 is 13.9 Å². The van der Waals surface area contributed by atoms with Gasteiger partial charge in [-0.3, -0.25) is 4.79 Å². The molecule has 0 bridgehead atoms. The van der Waals surface area contributed by atoms with E-state index >= 15 is 0 Å². The average Bonchev–Trinajstić information content (AvgIpc) is 3.32. The van der Waals surface area contributed by atoms with Gasteiger partial charge in [0.25, 0.3) is 0 Å². The number of thiophene rings is 1. The Balaban J connectivity index is 1.47. The van der Waals surface area contributed by atoms with E-state index in [2.05, 4.69) is 29.1 Å². The van der Waals surface area contributed by atoms with Crippen LogP contribution in [0, 0.1) is 0 Å². The monoisotopic (exact) mass is 418 g/mol. The number of carbonyl (C=O) groups excluding carboxylic acids is 1. The van der Waals surface area contributed by atoms with Crippen molar-refractivity contribution in [2.24, 2.45) is 0 Å². The third-order valence-electron chi connectivity index (χ3n) is 4.96. The molecule has 3 aromatic rings. The highest BCUT2D eigenvalue weighted by atomic mass is 32.2. The molecule has 0 unspecified atom stereocenters. The maximum absolute atomic E-state index is 12.0. The Morgan fingerprint density at radius 1 is 1.46 bits per heavy atom. The number of hydrogen-bond donors (Lipinski definition) is 2. The number of nitrogens with zero attached hydrogens (tertiary/aromatic N) is 2. The Morgan fingerprint density at radius 3 is 3.07 bits per heavy atom. The normalized spacial score (nSPS) is 18.9. The van der Waals surface area contributed by atoms with Crippen molar-refractivity contribution in [3.8, 4) is 0 Å². The van der Waals surface area contributed by atoms with E-state index in [1.165, 1.54) is 22.2 Å². The molecule has 7 nitrogen and oxygen atoms in total. The minimum atomic E-state index is -0.174. The standard InChI is InChI=1S/C19H22N4O3S2/c1-3-19(2)7-12-13(9-26-19)28-17-15(12)16(20)22-18(23-17)27-10-14(24)21-8-11-5-4-6-25-11/h4-6H,3,7-10H2,1-2H3,(H,21,24)(H2,20,22,23)/t19-/m0/s1. The third kappa shape index (κ3) is 3.87. The van der Waals surface area contributed by atoms with E-state index in [0.29, 0.717) is 29.9 Å². The first-order valence-electron chi connectivity index (χ1n) is 9.11. The molecule has 4 rings (SSSR count). The maximum Gasteiger partial charge on any atom is 0.230 e. The predicted molar refractivity (Wildman–Crippen MR) is 110 cm³/mol. The number of rotatable bonds is 6. The SMILES string of the molecule is CC[C@@]1(C)Cc2c(sc3nc(SCC(=O)NCc4ccco4)nc(N)c23)CO1. The molecule has 3 N–H and O–H groups in total. The van der Waals surface area contributed by atoms with Crippen LogP contribution in [0.1, 0.15) is 36.5 Å². The number of furan rings is 1. The van der Waals surface area contributed by atoms with Crippen molar-refractivity contribution in [1.82, 2.24) is 15.3 Å². The van der Waals surface area contributed by atoms with Crippen molar-refractivity contribution in [3.05, 3.63) is 34.6 Å². The van der Waals surface area contributed by atoms with Crippen LogP contribution in [-0.2, 0) is 29.1 Å². The predicted octanol–water partition coefficient (Wildman–Crippen LogP) is 3.52. The van der Waals surface area contributed by atoms with Crippen molar-refractivity contribution in [3.63, 3.8) is 0 Å². The lowest BCUT2D eigenvalue weighted by atomic mass is 9.90. The summed E-state index contributed by atoms with van der Waals surface area (Å²) >= 11 is 2.88. The molecule has 0 aromatic carbocycles. The van der Waals surface area contributed by atoms with Crippen LogP contribution in [0.25, 0.3) is 10.2 Å². The summed E-state index contributed by atoms with van der Waals surface area (Å²) in [4.78, 5) is 23.1. The van der Waals surface area contributed by atoms with Gasteiger partial charge in [0.05, 0.1) is 36.2 Å². The largest absolute Gasteiger partial charge is 0.467 e. The lowest BCUT2D eigenvalue weighted by Crippen LogP contribution is -2.33. The molecule has 0 saturated carbocycles. The van der Waals surface area contributed by atoms with Gasteiger partial charge in [-0.1, -0.05) is 18.7 Å². The summed E-state index contributed by atoms with van der Waals surface area (Å²) in [7, 11) is 0. The molecule has 1 aliphatic heterocycles. The highest BCUT2D eigenvalue weighted by Gasteiger charge is 2.33. The summed E-state index contributed by atoms with van der Waals surface area (Å²) in [5.41, 5.74) is 7.31. The number of nitrogen functional groups attached to an aromatic ring is 1. The highest BCUT2D eigenvalue weighted by molar-refractivity contribution is 7.99. The summed E-state index contributed by atoms with van der Waals surface area (Å²) in [6, 6.07) is 3.60. The summed E-state index contributed by atoms with van der Waals surface area (Å²) in [5, 5.41) is 4.26. The van der Waals surface area contributed by atoms with Gasteiger partial charge in [0.15, 0.2) is 5.16 Å². The molecule has 1 amide bonds. The second-order valence-electron chi connectivity index (χ2n) is 6.99. The Bertz CT molecular complexity index is 1000. The average molecular weight is 419 g/mol. The highest BCUT2D eigenvalue weighted by Crippen LogP contribution is 2.41. The van der Waals surface area contributed by atoms with Gasteiger partial charge in [-0.15, -0.1) is 11.3 Å². The van der Waals surface area contributed by atoms with Crippen molar-refractivity contribution in [2.75, 3.05) is 11.5 Å². The third-order valence-corrected chi connectivity index (χ3v) is 6.91. The van der Waals surface area contributed by atoms with Gasteiger partial charge in [0, 0.05) is 11.3 Å². The van der Waals surface area contributed by atoms with Gasteiger partial charge in [-0.25, -0.2) is 9.97 Å². The van der Waals surface area contributed by atoms with E-state index < -0.39 is 0 Å². The fourth-order valence-electron chi connectivity index (χ4n) is 3.15. The van der Waals surface area contributed by atoms with Crippen LogP contribution in [0.3, 0.4) is 0 Å². The van der Waals surface area contributed by atoms with Crippen LogP contribution in [-0.4, -0.2) is 27.2 Å². The van der Waals surface area contributed by atoms with Gasteiger partial charge in [-0.2, -0.15) is 0 Å². The van der Waals surface area contributed by atoms with Crippen molar-refractivity contribution in [1.29, 1.82) is 0 Å². The molecule has 0 aliphatic carbocycles. The van der Waals surface area contributed by atoms with Gasteiger partial charge in [-0.05, 0) is 31.0 Å². The number of nitrogens with two attached hydrogens (primary N) is 1.